The molecular weight excluding hydrogens is 388 g/mol. The second-order valence-corrected chi connectivity index (χ2v) is 7.68. The molecule has 1 aliphatic heterocycles. The summed E-state index contributed by atoms with van der Waals surface area (Å²) in [5.74, 6) is -1.06. The van der Waals surface area contributed by atoms with Gasteiger partial charge in [-0.05, 0) is 37.3 Å². The highest BCUT2D eigenvalue weighted by Gasteiger charge is 2.31. The Morgan fingerprint density at radius 2 is 2.00 bits per heavy atom. The van der Waals surface area contributed by atoms with Crippen LogP contribution < -0.4 is 10.2 Å². The minimum Gasteiger partial charge on any atom is -0.465 e. The summed E-state index contributed by atoms with van der Waals surface area (Å²) in [4.78, 5) is 39.1. The van der Waals surface area contributed by atoms with Crippen LogP contribution >= 0.6 is 23.4 Å². The van der Waals surface area contributed by atoms with Crippen LogP contribution in [0.15, 0.2) is 47.4 Å². The zero-order valence-electron chi connectivity index (χ0n) is 14.7. The van der Waals surface area contributed by atoms with Crippen molar-refractivity contribution in [2.45, 2.75) is 17.1 Å². The maximum Gasteiger partial charge on any atom is 0.337 e. The fraction of sp³-hybridized carbons (Fsp3) is 0.211. The number of anilines is 2. The number of nitrogens with one attached hydrogen (secondary N) is 1. The Morgan fingerprint density at radius 1 is 1.26 bits per heavy atom. The van der Waals surface area contributed by atoms with Gasteiger partial charge in [-0.1, -0.05) is 23.7 Å². The standard InChI is InChI=1S/C19H17ClN2O4S/c1-11(27-16-6-4-3-5-13(16)20)18(24)22-10-17(23)21-14-8-7-12(9-15(14)22)19(25)26-2/h3-9,11H,10H2,1-2H3,(H,21,23)/t11-/m1/s1. The van der Waals surface area contributed by atoms with Gasteiger partial charge < -0.3 is 10.1 Å². The van der Waals surface area contributed by atoms with Crippen molar-refractivity contribution in [3.05, 3.63) is 53.1 Å². The van der Waals surface area contributed by atoms with Gasteiger partial charge >= 0.3 is 5.97 Å². The largest absolute Gasteiger partial charge is 0.465 e. The molecule has 0 radical (unpaired) electrons. The van der Waals surface area contributed by atoms with Crippen LogP contribution in [0.5, 0.6) is 0 Å². The molecule has 3 rings (SSSR count). The van der Waals surface area contributed by atoms with Gasteiger partial charge in [0, 0.05) is 4.90 Å². The summed E-state index contributed by atoms with van der Waals surface area (Å²) in [6, 6.07) is 11.9. The molecule has 6 nitrogen and oxygen atoms in total. The second-order valence-electron chi connectivity index (χ2n) is 5.89. The molecule has 1 aliphatic rings. The number of hydrogen-bond acceptors (Lipinski definition) is 5. The van der Waals surface area contributed by atoms with Gasteiger partial charge in [-0.25, -0.2) is 4.79 Å². The third kappa shape index (κ3) is 4.09. The van der Waals surface area contributed by atoms with Crippen molar-refractivity contribution in [3.8, 4) is 0 Å². The van der Waals surface area contributed by atoms with E-state index in [-0.39, 0.29) is 18.4 Å². The molecule has 1 atom stereocenters. The Bertz CT molecular complexity index is 918. The van der Waals surface area contributed by atoms with Crippen LogP contribution in [0.3, 0.4) is 0 Å². The molecule has 8 heteroatoms. The lowest BCUT2D eigenvalue weighted by Gasteiger charge is -2.31. The maximum absolute atomic E-state index is 13.0. The minimum absolute atomic E-state index is 0.121. The van der Waals surface area contributed by atoms with Crippen LogP contribution in [0.4, 0.5) is 11.4 Å². The van der Waals surface area contributed by atoms with Crippen LogP contribution in [0.25, 0.3) is 0 Å². The highest BCUT2D eigenvalue weighted by atomic mass is 35.5. The number of fused-ring (bicyclic) bond motifs is 1. The quantitative estimate of drug-likeness (QED) is 0.622. The molecule has 1 heterocycles. The molecular formula is C19H17ClN2O4S. The lowest BCUT2D eigenvalue weighted by molar-refractivity contribution is -0.121. The summed E-state index contributed by atoms with van der Waals surface area (Å²) in [7, 11) is 1.29. The van der Waals surface area contributed by atoms with Gasteiger partial charge in [-0.15, -0.1) is 11.8 Å². The highest BCUT2D eigenvalue weighted by molar-refractivity contribution is 8.00. The average Bonchev–Trinajstić information content (AvgIpc) is 2.67. The summed E-state index contributed by atoms with van der Waals surface area (Å²) in [5, 5.41) is 2.79. The lowest BCUT2D eigenvalue weighted by atomic mass is 10.1. The number of nitrogens with zero attached hydrogens (tertiary/aromatic N) is 1. The first-order valence-electron chi connectivity index (χ1n) is 8.15. The number of esters is 1. The molecule has 2 aromatic rings. The SMILES string of the molecule is COC(=O)c1ccc2c(c1)N(C(=O)[C@@H](C)Sc1ccccc1Cl)CC(=O)N2. The number of hydrogen-bond donors (Lipinski definition) is 1. The van der Waals surface area contributed by atoms with E-state index in [1.54, 1.807) is 31.2 Å². The van der Waals surface area contributed by atoms with Crippen molar-refractivity contribution in [2.24, 2.45) is 0 Å². The lowest BCUT2D eigenvalue weighted by Crippen LogP contribution is -2.45. The predicted octanol–water partition coefficient (Wildman–Crippen LogP) is 3.59. The molecule has 0 bridgehead atoms. The van der Waals surface area contributed by atoms with Gasteiger partial charge in [0.2, 0.25) is 11.8 Å². The molecule has 140 valence electrons. The fourth-order valence-electron chi connectivity index (χ4n) is 2.72. The van der Waals surface area contributed by atoms with E-state index >= 15 is 0 Å². The molecule has 0 saturated carbocycles. The molecule has 0 aromatic heterocycles. The Hall–Kier alpha value is -2.51. The van der Waals surface area contributed by atoms with Gasteiger partial charge in [-0.2, -0.15) is 0 Å². The topological polar surface area (TPSA) is 75.7 Å². The van der Waals surface area contributed by atoms with E-state index in [9.17, 15) is 14.4 Å². The third-order valence-corrected chi connectivity index (χ3v) is 5.65. The van der Waals surface area contributed by atoms with E-state index in [0.717, 1.165) is 4.90 Å². The van der Waals surface area contributed by atoms with Gasteiger partial charge in [0.15, 0.2) is 0 Å². The summed E-state index contributed by atoms with van der Waals surface area (Å²) >= 11 is 7.49. The van der Waals surface area contributed by atoms with E-state index in [4.69, 9.17) is 16.3 Å². The van der Waals surface area contributed by atoms with Crippen LogP contribution in [0.1, 0.15) is 17.3 Å². The Kier molecular flexibility index (Phi) is 5.72. The highest BCUT2D eigenvalue weighted by Crippen LogP contribution is 2.35. The van der Waals surface area contributed by atoms with E-state index in [1.807, 2.05) is 18.2 Å². The number of benzene rings is 2. The van der Waals surface area contributed by atoms with Crippen molar-refractivity contribution in [3.63, 3.8) is 0 Å². The van der Waals surface area contributed by atoms with Gasteiger partial charge in [0.05, 0.1) is 34.3 Å². The van der Waals surface area contributed by atoms with Gasteiger partial charge in [-0.3, -0.25) is 14.5 Å². The normalized spacial score (nSPS) is 14.2. The van der Waals surface area contributed by atoms with Crippen molar-refractivity contribution in [1.82, 2.24) is 0 Å². The van der Waals surface area contributed by atoms with Crippen molar-refractivity contribution < 1.29 is 19.1 Å². The summed E-state index contributed by atoms with van der Waals surface area (Å²) < 4.78 is 4.74. The van der Waals surface area contributed by atoms with Crippen LogP contribution in [0.2, 0.25) is 5.02 Å². The van der Waals surface area contributed by atoms with Crippen molar-refractivity contribution >= 4 is 52.5 Å². The van der Waals surface area contributed by atoms with Gasteiger partial charge in [0.25, 0.3) is 0 Å². The summed E-state index contributed by atoms with van der Waals surface area (Å²) in [6.07, 6.45) is 0. The zero-order valence-corrected chi connectivity index (χ0v) is 16.3. The van der Waals surface area contributed by atoms with E-state index in [0.29, 0.717) is 22.0 Å². The molecule has 0 spiro atoms. The molecule has 1 N–H and O–H groups in total. The number of thioether (sulfide) groups is 1. The second kappa shape index (κ2) is 8.02. The number of carbonyl (C=O) groups is 3. The summed E-state index contributed by atoms with van der Waals surface area (Å²) in [5.41, 5.74) is 1.24. The monoisotopic (exact) mass is 404 g/mol. The predicted molar refractivity (Wildman–Crippen MR) is 106 cm³/mol. The van der Waals surface area contributed by atoms with Crippen LogP contribution in [-0.2, 0) is 14.3 Å². The smallest absolute Gasteiger partial charge is 0.337 e. The zero-order chi connectivity index (χ0) is 19.6. The van der Waals surface area contributed by atoms with E-state index < -0.39 is 11.2 Å². The molecule has 2 amide bonds. The van der Waals surface area contributed by atoms with Crippen molar-refractivity contribution in [2.75, 3.05) is 23.9 Å². The number of halogens is 1. The Balaban J connectivity index is 1.89. The number of rotatable bonds is 4. The van der Waals surface area contributed by atoms with Crippen LogP contribution in [-0.4, -0.2) is 36.7 Å². The first-order chi connectivity index (χ1) is 12.9. The van der Waals surface area contributed by atoms with Crippen molar-refractivity contribution in [1.29, 1.82) is 0 Å². The molecule has 0 aliphatic carbocycles. The molecule has 0 saturated heterocycles. The van der Waals surface area contributed by atoms with E-state index in [2.05, 4.69) is 5.32 Å². The number of amides is 2. The maximum atomic E-state index is 13.0. The third-order valence-electron chi connectivity index (χ3n) is 4.04. The summed E-state index contributed by atoms with van der Waals surface area (Å²) in [6.45, 7) is 1.64. The first kappa shape index (κ1) is 19.3. The molecule has 27 heavy (non-hydrogen) atoms. The number of carbonyl (C=O) groups excluding carboxylic acids is 3. The molecule has 0 fully saturated rings. The fourth-order valence-corrected chi connectivity index (χ4v) is 3.94. The Morgan fingerprint density at radius 3 is 2.70 bits per heavy atom. The van der Waals surface area contributed by atoms with E-state index in [1.165, 1.54) is 23.8 Å². The van der Waals surface area contributed by atoms with Crippen LogP contribution in [0, 0.1) is 0 Å². The molecule has 2 aromatic carbocycles. The first-order valence-corrected chi connectivity index (χ1v) is 9.41. The number of methoxy groups -OCH3 is 1. The minimum atomic E-state index is -0.513. The van der Waals surface area contributed by atoms with Gasteiger partial charge in [0.1, 0.15) is 6.54 Å². The molecule has 0 unspecified atom stereocenters. The Labute approximate surface area is 165 Å². The average molecular weight is 405 g/mol. The number of ether oxygens (including phenoxy) is 1.